The minimum atomic E-state index is -0.0915. The van der Waals surface area contributed by atoms with E-state index < -0.39 is 0 Å². The number of amidine groups is 1. The lowest BCUT2D eigenvalue weighted by Crippen LogP contribution is -2.28. The van der Waals surface area contributed by atoms with E-state index >= 15 is 0 Å². The molecule has 0 radical (unpaired) electrons. The van der Waals surface area contributed by atoms with E-state index in [0.29, 0.717) is 40.3 Å². The van der Waals surface area contributed by atoms with Crippen LogP contribution in [0.2, 0.25) is 0 Å². The summed E-state index contributed by atoms with van der Waals surface area (Å²) in [7, 11) is 1.62. The Morgan fingerprint density at radius 2 is 1.87 bits per heavy atom. The number of rotatable bonds is 9. The summed E-state index contributed by atoms with van der Waals surface area (Å²) in [4.78, 5) is 20.1. The Kier molecular flexibility index (Phi) is 9.31. The second-order valence-corrected chi connectivity index (χ2v) is 10.2. The van der Waals surface area contributed by atoms with Gasteiger partial charge in [0.25, 0.3) is 5.91 Å². The lowest BCUT2D eigenvalue weighted by molar-refractivity contribution is -0.122. The van der Waals surface area contributed by atoms with Crippen molar-refractivity contribution in [3.8, 4) is 23.3 Å². The fourth-order valence-corrected chi connectivity index (χ4v) is 5.61. The number of nitriles is 1. The van der Waals surface area contributed by atoms with E-state index in [0.717, 1.165) is 26.1 Å². The minimum Gasteiger partial charge on any atom is -0.497 e. The molecule has 38 heavy (non-hydrogen) atoms. The number of hydrogen-bond donors (Lipinski definition) is 0. The van der Waals surface area contributed by atoms with Gasteiger partial charge in [-0.15, -0.1) is 0 Å². The van der Waals surface area contributed by atoms with Gasteiger partial charge in [-0.05, 0) is 102 Å². The maximum Gasteiger partial charge on any atom is 0.266 e. The molecule has 1 aliphatic heterocycles. The molecule has 0 unspecified atom stereocenters. The summed E-state index contributed by atoms with van der Waals surface area (Å²) in [6.45, 7) is 5.04. The molecule has 194 valence electrons. The third kappa shape index (κ3) is 6.31. The minimum absolute atomic E-state index is 0.0915. The number of carbonyl (C=O) groups is 1. The Morgan fingerprint density at radius 3 is 2.55 bits per heavy atom. The Hall–Kier alpha value is -3.49. The van der Waals surface area contributed by atoms with Crippen LogP contribution >= 0.6 is 34.4 Å². The summed E-state index contributed by atoms with van der Waals surface area (Å²) in [6.07, 6.45) is 1.85. The van der Waals surface area contributed by atoms with Crippen LogP contribution in [0.25, 0.3) is 6.08 Å². The van der Waals surface area contributed by atoms with Gasteiger partial charge < -0.3 is 14.2 Å². The van der Waals surface area contributed by atoms with Crippen molar-refractivity contribution in [2.45, 2.75) is 20.5 Å². The Bertz CT molecular complexity index is 1430. The molecule has 0 spiro atoms. The number of halogens is 1. The maximum atomic E-state index is 13.2. The van der Waals surface area contributed by atoms with Crippen molar-refractivity contribution in [3.63, 3.8) is 0 Å². The molecule has 1 aliphatic rings. The van der Waals surface area contributed by atoms with Gasteiger partial charge in [0.15, 0.2) is 16.7 Å². The van der Waals surface area contributed by atoms with Crippen LogP contribution in [0, 0.1) is 14.9 Å². The largest absolute Gasteiger partial charge is 0.497 e. The van der Waals surface area contributed by atoms with Gasteiger partial charge in [-0.2, -0.15) is 5.26 Å². The third-order valence-corrected chi connectivity index (χ3v) is 7.45. The third-order valence-electron chi connectivity index (χ3n) is 5.64. The number of ether oxygens (including phenoxy) is 3. The summed E-state index contributed by atoms with van der Waals surface area (Å²) in [5.41, 5.74) is 2.94. The van der Waals surface area contributed by atoms with Gasteiger partial charge in [-0.25, -0.2) is 4.99 Å². The number of methoxy groups -OCH3 is 1. The lowest BCUT2D eigenvalue weighted by atomic mass is 10.1. The average Bonchev–Trinajstić information content (AvgIpc) is 3.22. The van der Waals surface area contributed by atoms with E-state index in [4.69, 9.17) is 19.2 Å². The number of hydrogen-bond acceptors (Lipinski definition) is 7. The quantitative estimate of drug-likeness (QED) is 0.190. The van der Waals surface area contributed by atoms with Gasteiger partial charge in [0.2, 0.25) is 0 Å². The number of carbonyl (C=O) groups excluding carboxylic acids is 1. The monoisotopic (exact) mass is 639 g/mol. The molecule has 0 aromatic heterocycles. The molecule has 4 rings (SSSR count). The fourth-order valence-electron chi connectivity index (χ4n) is 3.77. The zero-order valence-corrected chi connectivity index (χ0v) is 24.2. The normalized spacial score (nSPS) is 15.1. The van der Waals surface area contributed by atoms with E-state index in [1.807, 2.05) is 74.5 Å². The van der Waals surface area contributed by atoms with Crippen LogP contribution in [0.15, 0.2) is 70.6 Å². The molecule has 1 heterocycles. The molecule has 0 aliphatic carbocycles. The highest BCUT2D eigenvalue weighted by atomic mass is 127. The highest BCUT2D eigenvalue weighted by molar-refractivity contribution is 14.1. The van der Waals surface area contributed by atoms with E-state index in [-0.39, 0.29) is 12.5 Å². The molecule has 1 amide bonds. The second kappa shape index (κ2) is 12.8. The van der Waals surface area contributed by atoms with Gasteiger partial charge in [-0.1, -0.05) is 18.2 Å². The molecular weight excluding hydrogens is 613 g/mol. The zero-order valence-electron chi connectivity index (χ0n) is 21.2. The van der Waals surface area contributed by atoms with Crippen molar-refractivity contribution < 1.29 is 19.0 Å². The predicted octanol–water partition coefficient (Wildman–Crippen LogP) is 6.77. The van der Waals surface area contributed by atoms with Crippen molar-refractivity contribution in [1.29, 1.82) is 5.26 Å². The van der Waals surface area contributed by atoms with Crippen LogP contribution in [0.3, 0.4) is 0 Å². The first-order valence-electron chi connectivity index (χ1n) is 12.0. The Labute approximate surface area is 240 Å². The van der Waals surface area contributed by atoms with E-state index in [9.17, 15) is 10.1 Å². The Balaban J connectivity index is 1.61. The number of thioether (sulfide) groups is 1. The van der Waals surface area contributed by atoms with Crippen molar-refractivity contribution >= 4 is 57.2 Å². The molecule has 1 fully saturated rings. The number of nitrogens with zero attached hydrogens (tertiary/aromatic N) is 3. The molecule has 3 aromatic carbocycles. The van der Waals surface area contributed by atoms with Crippen LogP contribution in [-0.4, -0.2) is 36.2 Å². The molecular formula is C29H26IN3O4S. The highest BCUT2D eigenvalue weighted by Gasteiger charge is 2.32. The highest BCUT2D eigenvalue weighted by Crippen LogP contribution is 2.38. The van der Waals surface area contributed by atoms with Crippen molar-refractivity contribution in [2.75, 3.05) is 20.3 Å². The number of amides is 1. The van der Waals surface area contributed by atoms with Gasteiger partial charge >= 0.3 is 0 Å². The topological polar surface area (TPSA) is 84.2 Å². The number of benzene rings is 3. The van der Waals surface area contributed by atoms with Crippen molar-refractivity contribution in [3.05, 3.63) is 85.8 Å². The predicted molar refractivity (Wildman–Crippen MR) is 159 cm³/mol. The van der Waals surface area contributed by atoms with Crippen LogP contribution in [0.1, 0.15) is 30.5 Å². The van der Waals surface area contributed by atoms with Gasteiger partial charge in [0, 0.05) is 12.1 Å². The summed E-state index contributed by atoms with van der Waals surface area (Å²) >= 11 is 3.55. The van der Waals surface area contributed by atoms with Gasteiger partial charge in [0.1, 0.15) is 12.4 Å². The summed E-state index contributed by atoms with van der Waals surface area (Å²) in [6, 6.07) is 20.8. The second-order valence-electron chi connectivity index (χ2n) is 8.07. The standard InChI is InChI=1S/C29H26IN3O4S/c1-4-33-28(34)26(38-29(33)32-22-10-12-23(35-3)13-11-22)16-19-14-24(30)27(25(15-19)36-5-2)37-18-21-9-7-6-8-20(21)17-31/h6-16H,4-5,18H2,1-3H3/b26-16+,32-29?. The molecule has 7 nitrogen and oxygen atoms in total. The molecule has 0 atom stereocenters. The first-order valence-corrected chi connectivity index (χ1v) is 13.9. The molecule has 0 saturated carbocycles. The summed E-state index contributed by atoms with van der Waals surface area (Å²) in [5.74, 6) is 1.84. The number of likely N-dealkylation sites (N-methyl/N-ethyl adjacent to an activating group) is 1. The van der Waals surface area contributed by atoms with E-state index in [2.05, 4.69) is 28.7 Å². The first kappa shape index (κ1) is 27.5. The molecule has 0 bridgehead atoms. The smallest absolute Gasteiger partial charge is 0.266 e. The van der Waals surface area contributed by atoms with E-state index in [1.165, 1.54) is 11.8 Å². The Morgan fingerprint density at radius 1 is 1.11 bits per heavy atom. The summed E-state index contributed by atoms with van der Waals surface area (Å²) < 4.78 is 18.1. The van der Waals surface area contributed by atoms with Crippen molar-refractivity contribution in [2.24, 2.45) is 4.99 Å². The number of aliphatic imine (C=N–C) groups is 1. The fraction of sp³-hybridized carbons (Fsp3) is 0.207. The first-order chi connectivity index (χ1) is 18.5. The van der Waals surface area contributed by atoms with Crippen LogP contribution < -0.4 is 14.2 Å². The molecule has 0 N–H and O–H groups in total. The van der Waals surface area contributed by atoms with Crippen molar-refractivity contribution in [1.82, 2.24) is 4.90 Å². The summed E-state index contributed by atoms with van der Waals surface area (Å²) in [5, 5.41) is 10.0. The SMILES string of the molecule is CCOc1cc(/C=C2/SC(=Nc3ccc(OC)cc3)N(CC)C2=O)cc(I)c1OCc1ccccc1C#N. The van der Waals surface area contributed by atoms with Crippen LogP contribution in [0.5, 0.6) is 17.2 Å². The molecule has 9 heteroatoms. The van der Waals surface area contributed by atoms with E-state index in [1.54, 1.807) is 18.1 Å². The van der Waals surface area contributed by atoms with Gasteiger partial charge in [-0.3, -0.25) is 9.69 Å². The lowest BCUT2D eigenvalue weighted by Gasteiger charge is -2.15. The molecule has 3 aromatic rings. The van der Waals surface area contributed by atoms with Crippen LogP contribution in [-0.2, 0) is 11.4 Å². The average molecular weight is 640 g/mol. The van der Waals surface area contributed by atoms with Gasteiger partial charge in [0.05, 0.1) is 39.5 Å². The van der Waals surface area contributed by atoms with Crippen LogP contribution in [0.4, 0.5) is 5.69 Å². The molecule has 1 saturated heterocycles. The maximum absolute atomic E-state index is 13.2. The zero-order chi connectivity index (χ0) is 27.1.